The van der Waals surface area contributed by atoms with Gasteiger partial charge in [0, 0.05) is 11.1 Å². The molecule has 0 aliphatic rings. The summed E-state index contributed by atoms with van der Waals surface area (Å²) in [7, 11) is 0. The normalized spacial score (nSPS) is 10.4. The summed E-state index contributed by atoms with van der Waals surface area (Å²) in [6, 6.07) is 13.1. The Morgan fingerprint density at radius 2 is 1.78 bits per heavy atom. The van der Waals surface area contributed by atoms with E-state index in [1.807, 2.05) is 0 Å². The third-order valence-electron chi connectivity index (χ3n) is 3.32. The highest BCUT2D eigenvalue weighted by Crippen LogP contribution is 2.19. The van der Waals surface area contributed by atoms with E-state index in [9.17, 15) is 9.59 Å². The Hall–Kier alpha value is -3.48. The molecule has 3 N–H and O–H groups in total. The fraction of sp³-hybridized carbons (Fsp3) is 0. The first kappa shape index (κ1) is 14.5. The van der Waals surface area contributed by atoms with Crippen LogP contribution in [-0.4, -0.2) is 32.0 Å². The second-order valence-electron chi connectivity index (χ2n) is 4.85. The Morgan fingerprint density at radius 1 is 1.04 bits per heavy atom. The molecule has 3 rings (SSSR count). The highest BCUT2D eigenvalue weighted by Gasteiger charge is 2.09. The molecular weight excluding hydrogens is 296 g/mol. The number of nitrogens with two attached hydrogens (primary N) is 1. The number of primary amides is 1. The van der Waals surface area contributed by atoms with Crippen molar-refractivity contribution in [3.05, 3.63) is 65.9 Å². The molecule has 7 nitrogen and oxygen atoms in total. The zero-order chi connectivity index (χ0) is 16.4. The smallest absolute Gasteiger partial charge is 0.335 e. The van der Waals surface area contributed by atoms with Gasteiger partial charge in [-0.2, -0.15) is 0 Å². The fourth-order valence-electron chi connectivity index (χ4n) is 2.11. The lowest BCUT2D eigenvalue weighted by molar-refractivity contribution is 0.0696. The number of hydrogen-bond donors (Lipinski definition) is 2. The van der Waals surface area contributed by atoms with Gasteiger partial charge in [0.15, 0.2) is 0 Å². The van der Waals surface area contributed by atoms with Crippen LogP contribution >= 0.6 is 0 Å². The fourth-order valence-corrected chi connectivity index (χ4v) is 2.11. The summed E-state index contributed by atoms with van der Waals surface area (Å²) in [6.45, 7) is 0. The van der Waals surface area contributed by atoms with E-state index < -0.39 is 11.9 Å². The summed E-state index contributed by atoms with van der Waals surface area (Å²) in [4.78, 5) is 22.1. The van der Waals surface area contributed by atoms with Crippen LogP contribution in [0.3, 0.4) is 0 Å². The Morgan fingerprint density at radius 3 is 2.43 bits per heavy atom. The molecule has 23 heavy (non-hydrogen) atoms. The van der Waals surface area contributed by atoms with E-state index in [0.717, 1.165) is 5.56 Å². The van der Waals surface area contributed by atoms with Crippen molar-refractivity contribution < 1.29 is 14.7 Å². The molecule has 1 aromatic heterocycles. The molecule has 0 bridgehead atoms. The molecular formula is C16H12N4O3. The number of aromatic carboxylic acids is 1. The number of rotatable bonds is 4. The summed E-state index contributed by atoms with van der Waals surface area (Å²) in [5, 5.41) is 17.1. The average molecular weight is 308 g/mol. The number of aromatic nitrogens is 3. The molecule has 2 aromatic carbocycles. The van der Waals surface area contributed by atoms with Crippen molar-refractivity contribution in [2.24, 2.45) is 5.73 Å². The Labute approximate surface area is 131 Å². The van der Waals surface area contributed by atoms with Gasteiger partial charge >= 0.3 is 5.97 Å². The van der Waals surface area contributed by atoms with Crippen LogP contribution in [0.25, 0.3) is 16.9 Å². The molecule has 0 unspecified atom stereocenters. The first-order valence-electron chi connectivity index (χ1n) is 6.71. The molecule has 1 heterocycles. The average Bonchev–Trinajstić information content (AvgIpc) is 3.05. The van der Waals surface area contributed by atoms with Gasteiger partial charge in [-0.3, -0.25) is 4.79 Å². The van der Waals surface area contributed by atoms with Crippen molar-refractivity contribution in [2.75, 3.05) is 0 Å². The van der Waals surface area contributed by atoms with Gasteiger partial charge in [-0.15, -0.1) is 5.10 Å². The number of carboxylic acids is 1. The SMILES string of the molecule is NC(=O)c1ccc(-c2cn(-c3cccc(C(=O)O)c3)nn2)cc1. The molecule has 0 fully saturated rings. The van der Waals surface area contributed by atoms with E-state index in [-0.39, 0.29) is 5.56 Å². The van der Waals surface area contributed by atoms with Gasteiger partial charge < -0.3 is 10.8 Å². The van der Waals surface area contributed by atoms with E-state index in [0.29, 0.717) is 16.9 Å². The van der Waals surface area contributed by atoms with Crippen LogP contribution in [0.15, 0.2) is 54.7 Å². The minimum atomic E-state index is -1.01. The number of nitrogens with zero attached hydrogens (tertiary/aromatic N) is 3. The minimum absolute atomic E-state index is 0.172. The van der Waals surface area contributed by atoms with Crippen LogP contribution in [0.1, 0.15) is 20.7 Å². The lowest BCUT2D eigenvalue weighted by Gasteiger charge is -2.01. The predicted molar refractivity (Wildman–Crippen MR) is 82.3 cm³/mol. The number of carboxylic acid groups (broad SMARTS) is 1. The highest BCUT2D eigenvalue weighted by molar-refractivity contribution is 5.93. The van der Waals surface area contributed by atoms with Gasteiger partial charge in [0.05, 0.1) is 17.4 Å². The van der Waals surface area contributed by atoms with E-state index in [2.05, 4.69) is 10.3 Å². The molecule has 0 saturated heterocycles. The van der Waals surface area contributed by atoms with E-state index in [1.54, 1.807) is 42.6 Å². The van der Waals surface area contributed by atoms with E-state index >= 15 is 0 Å². The van der Waals surface area contributed by atoms with Crippen molar-refractivity contribution in [3.8, 4) is 16.9 Å². The van der Waals surface area contributed by atoms with Gasteiger partial charge in [0.25, 0.3) is 0 Å². The standard InChI is InChI=1S/C16H12N4O3/c17-15(21)11-6-4-10(5-7-11)14-9-20(19-18-14)13-3-1-2-12(8-13)16(22)23/h1-9H,(H2,17,21)(H,22,23). The van der Waals surface area contributed by atoms with Gasteiger partial charge in [-0.05, 0) is 30.3 Å². The third-order valence-corrected chi connectivity index (χ3v) is 3.32. The molecule has 7 heteroatoms. The van der Waals surface area contributed by atoms with Crippen LogP contribution in [-0.2, 0) is 0 Å². The van der Waals surface area contributed by atoms with Crippen molar-refractivity contribution in [1.82, 2.24) is 15.0 Å². The summed E-state index contributed by atoms with van der Waals surface area (Å²) in [6.07, 6.45) is 1.68. The van der Waals surface area contributed by atoms with E-state index in [1.165, 1.54) is 16.8 Å². The summed E-state index contributed by atoms with van der Waals surface area (Å²) >= 11 is 0. The quantitative estimate of drug-likeness (QED) is 0.762. The first-order chi connectivity index (χ1) is 11.0. The maximum atomic E-state index is 11.1. The van der Waals surface area contributed by atoms with E-state index in [4.69, 9.17) is 10.8 Å². The molecule has 0 spiro atoms. The van der Waals surface area contributed by atoms with Gasteiger partial charge in [0.1, 0.15) is 5.69 Å². The first-order valence-corrected chi connectivity index (χ1v) is 6.71. The Bertz CT molecular complexity index is 884. The summed E-state index contributed by atoms with van der Waals surface area (Å²) in [5.74, 6) is -1.50. The molecule has 0 aliphatic heterocycles. The molecule has 0 aliphatic carbocycles. The van der Waals surface area contributed by atoms with Crippen molar-refractivity contribution in [2.45, 2.75) is 0 Å². The minimum Gasteiger partial charge on any atom is -0.478 e. The molecule has 1 amide bonds. The molecule has 0 radical (unpaired) electrons. The van der Waals surface area contributed by atoms with Crippen molar-refractivity contribution in [3.63, 3.8) is 0 Å². The largest absolute Gasteiger partial charge is 0.478 e. The second-order valence-corrected chi connectivity index (χ2v) is 4.85. The number of carbonyl (C=O) groups is 2. The topological polar surface area (TPSA) is 111 Å². The number of hydrogen-bond acceptors (Lipinski definition) is 4. The van der Waals surface area contributed by atoms with Crippen LogP contribution in [0, 0.1) is 0 Å². The number of amides is 1. The Balaban J connectivity index is 1.92. The van der Waals surface area contributed by atoms with Crippen LogP contribution in [0.2, 0.25) is 0 Å². The maximum Gasteiger partial charge on any atom is 0.335 e. The van der Waals surface area contributed by atoms with Gasteiger partial charge in [-0.1, -0.05) is 23.4 Å². The van der Waals surface area contributed by atoms with Gasteiger partial charge in [-0.25, -0.2) is 9.48 Å². The predicted octanol–water partition coefficient (Wildman–Crippen LogP) is 1.73. The van der Waals surface area contributed by atoms with Crippen LogP contribution in [0.5, 0.6) is 0 Å². The lowest BCUT2D eigenvalue weighted by Crippen LogP contribution is -2.10. The third kappa shape index (κ3) is 2.93. The number of carbonyl (C=O) groups excluding carboxylic acids is 1. The second kappa shape index (κ2) is 5.72. The van der Waals surface area contributed by atoms with Gasteiger partial charge in [0.2, 0.25) is 5.91 Å². The lowest BCUT2D eigenvalue weighted by atomic mass is 10.1. The maximum absolute atomic E-state index is 11.1. The van der Waals surface area contributed by atoms with Crippen molar-refractivity contribution in [1.29, 1.82) is 0 Å². The van der Waals surface area contributed by atoms with Crippen LogP contribution in [0.4, 0.5) is 0 Å². The monoisotopic (exact) mass is 308 g/mol. The Kier molecular flexibility index (Phi) is 3.60. The molecule has 114 valence electrons. The zero-order valence-corrected chi connectivity index (χ0v) is 11.9. The molecule has 3 aromatic rings. The summed E-state index contributed by atoms with van der Waals surface area (Å²) in [5.41, 5.74) is 7.75. The summed E-state index contributed by atoms with van der Waals surface area (Å²) < 4.78 is 1.49. The number of benzene rings is 2. The van der Waals surface area contributed by atoms with Crippen molar-refractivity contribution >= 4 is 11.9 Å². The highest BCUT2D eigenvalue weighted by atomic mass is 16.4. The molecule has 0 saturated carbocycles. The zero-order valence-electron chi connectivity index (χ0n) is 11.9. The molecule has 0 atom stereocenters. The van der Waals surface area contributed by atoms with Crippen LogP contribution < -0.4 is 5.73 Å².